The SMILES string of the molecule is COc1cccc(CCNC(=O)C(=O)NC2CC2)c1. The number of amides is 2. The number of nitrogens with one attached hydrogen (secondary N) is 2. The smallest absolute Gasteiger partial charge is 0.309 e. The summed E-state index contributed by atoms with van der Waals surface area (Å²) in [5, 5.41) is 5.26. The third kappa shape index (κ3) is 4.28. The van der Waals surface area contributed by atoms with Crippen molar-refractivity contribution in [1.29, 1.82) is 0 Å². The Bertz CT molecular complexity index is 470. The summed E-state index contributed by atoms with van der Waals surface area (Å²) in [7, 11) is 1.61. The Morgan fingerprint density at radius 2 is 2.11 bits per heavy atom. The Balaban J connectivity index is 1.72. The average molecular weight is 262 g/mol. The van der Waals surface area contributed by atoms with E-state index in [1.807, 2.05) is 24.3 Å². The Kier molecular flexibility index (Phi) is 4.39. The van der Waals surface area contributed by atoms with Crippen LogP contribution in [0.25, 0.3) is 0 Å². The van der Waals surface area contributed by atoms with E-state index in [9.17, 15) is 9.59 Å². The van der Waals surface area contributed by atoms with E-state index in [-0.39, 0.29) is 6.04 Å². The summed E-state index contributed by atoms with van der Waals surface area (Å²) in [6, 6.07) is 7.84. The Hall–Kier alpha value is -2.04. The number of hydrogen-bond acceptors (Lipinski definition) is 3. The van der Waals surface area contributed by atoms with Gasteiger partial charge in [0.25, 0.3) is 0 Å². The first-order valence-corrected chi connectivity index (χ1v) is 6.40. The summed E-state index contributed by atoms with van der Waals surface area (Å²) in [5.74, 6) is -0.307. The molecule has 2 rings (SSSR count). The summed E-state index contributed by atoms with van der Waals surface area (Å²) in [5.41, 5.74) is 1.06. The molecule has 1 aliphatic carbocycles. The minimum Gasteiger partial charge on any atom is -0.497 e. The number of carbonyl (C=O) groups is 2. The van der Waals surface area contributed by atoms with Crippen LogP contribution in [0.4, 0.5) is 0 Å². The van der Waals surface area contributed by atoms with Crippen molar-refractivity contribution >= 4 is 11.8 Å². The van der Waals surface area contributed by atoms with Crippen LogP contribution < -0.4 is 15.4 Å². The predicted octanol–water partition coefficient (Wildman–Crippen LogP) is 0.632. The molecule has 0 saturated heterocycles. The summed E-state index contributed by atoms with van der Waals surface area (Å²) in [6.07, 6.45) is 2.62. The van der Waals surface area contributed by atoms with Crippen LogP contribution in [0, 0.1) is 0 Å². The molecule has 0 aliphatic heterocycles. The highest BCUT2D eigenvalue weighted by atomic mass is 16.5. The van der Waals surface area contributed by atoms with Crippen LogP contribution in [0.5, 0.6) is 5.75 Å². The molecule has 0 heterocycles. The fourth-order valence-electron chi connectivity index (χ4n) is 1.71. The molecule has 0 radical (unpaired) electrons. The number of methoxy groups -OCH3 is 1. The molecule has 2 N–H and O–H groups in total. The molecule has 1 aliphatic rings. The maximum absolute atomic E-state index is 11.5. The van der Waals surface area contributed by atoms with Crippen molar-refractivity contribution in [3.05, 3.63) is 29.8 Å². The number of ether oxygens (including phenoxy) is 1. The molecular formula is C14H18N2O3. The molecular weight excluding hydrogens is 244 g/mol. The maximum atomic E-state index is 11.5. The van der Waals surface area contributed by atoms with Crippen LogP contribution in [0.15, 0.2) is 24.3 Å². The van der Waals surface area contributed by atoms with E-state index in [1.165, 1.54) is 0 Å². The molecule has 2 amide bonds. The monoisotopic (exact) mass is 262 g/mol. The lowest BCUT2D eigenvalue weighted by Gasteiger charge is -2.06. The third-order valence-electron chi connectivity index (χ3n) is 2.95. The zero-order valence-corrected chi connectivity index (χ0v) is 10.9. The van der Waals surface area contributed by atoms with E-state index in [4.69, 9.17) is 4.74 Å². The normalized spacial score (nSPS) is 13.7. The van der Waals surface area contributed by atoms with Crippen LogP contribution >= 0.6 is 0 Å². The fourth-order valence-corrected chi connectivity index (χ4v) is 1.71. The molecule has 102 valence electrons. The van der Waals surface area contributed by atoms with Gasteiger partial charge in [0.15, 0.2) is 0 Å². The number of hydrogen-bond donors (Lipinski definition) is 2. The molecule has 19 heavy (non-hydrogen) atoms. The molecule has 5 heteroatoms. The van der Waals surface area contributed by atoms with Crippen molar-refractivity contribution in [3.63, 3.8) is 0 Å². The highest BCUT2D eigenvalue weighted by molar-refractivity contribution is 6.35. The van der Waals surface area contributed by atoms with E-state index in [1.54, 1.807) is 7.11 Å². The first-order chi connectivity index (χ1) is 9.19. The molecule has 1 fully saturated rings. The second-order valence-corrected chi connectivity index (χ2v) is 4.61. The van der Waals surface area contributed by atoms with Gasteiger partial charge in [-0.3, -0.25) is 9.59 Å². The van der Waals surface area contributed by atoms with Crippen molar-refractivity contribution in [2.75, 3.05) is 13.7 Å². The lowest BCUT2D eigenvalue weighted by atomic mass is 10.1. The van der Waals surface area contributed by atoms with Gasteiger partial charge in [-0.25, -0.2) is 0 Å². The van der Waals surface area contributed by atoms with E-state index in [2.05, 4.69) is 10.6 Å². The lowest BCUT2D eigenvalue weighted by molar-refractivity contribution is -0.139. The van der Waals surface area contributed by atoms with Gasteiger partial charge in [0.05, 0.1) is 7.11 Å². The average Bonchev–Trinajstić information content (AvgIpc) is 3.22. The Morgan fingerprint density at radius 3 is 2.79 bits per heavy atom. The summed E-state index contributed by atoms with van der Waals surface area (Å²) < 4.78 is 5.12. The van der Waals surface area contributed by atoms with Crippen LogP contribution in [0.1, 0.15) is 18.4 Å². The molecule has 1 saturated carbocycles. The Labute approximate surface area is 112 Å². The van der Waals surface area contributed by atoms with Crippen LogP contribution in [-0.2, 0) is 16.0 Å². The first-order valence-electron chi connectivity index (χ1n) is 6.40. The van der Waals surface area contributed by atoms with Gasteiger partial charge in [0, 0.05) is 12.6 Å². The van der Waals surface area contributed by atoms with Crippen LogP contribution in [0.2, 0.25) is 0 Å². The largest absolute Gasteiger partial charge is 0.497 e. The predicted molar refractivity (Wildman–Crippen MR) is 70.9 cm³/mol. The van der Waals surface area contributed by atoms with Gasteiger partial charge in [-0.1, -0.05) is 12.1 Å². The van der Waals surface area contributed by atoms with Crippen molar-refractivity contribution in [3.8, 4) is 5.75 Å². The Morgan fingerprint density at radius 1 is 1.32 bits per heavy atom. The van der Waals surface area contributed by atoms with Gasteiger partial charge < -0.3 is 15.4 Å². The minimum absolute atomic E-state index is 0.205. The molecule has 0 aromatic heterocycles. The van der Waals surface area contributed by atoms with Gasteiger partial charge in [0.1, 0.15) is 5.75 Å². The third-order valence-corrected chi connectivity index (χ3v) is 2.95. The van der Waals surface area contributed by atoms with Crippen molar-refractivity contribution in [1.82, 2.24) is 10.6 Å². The highest BCUT2D eigenvalue weighted by Gasteiger charge is 2.25. The molecule has 0 bridgehead atoms. The summed E-state index contributed by atoms with van der Waals surface area (Å²) >= 11 is 0. The lowest BCUT2D eigenvalue weighted by Crippen LogP contribution is -2.41. The van der Waals surface area contributed by atoms with Crippen LogP contribution in [-0.4, -0.2) is 31.5 Å². The van der Waals surface area contributed by atoms with Crippen molar-refractivity contribution < 1.29 is 14.3 Å². The molecule has 0 atom stereocenters. The highest BCUT2D eigenvalue weighted by Crippen LogP contribution is 2.18. The van der Waals surface area contributed by atoms with Crippen LogP contribution in [0.3, 0.4) is 0 Å². The van der Waals surface area contributed by atoms with Crippen molar-refractivity contribution in [2.45, 2.75) is 25.3 Å². The minimum atomic E-state index is -0.560. The molecule has 5 nitrogen and oxygen atoms in total. The molecule has 0 spiro atoms. The van der Waals surface area contributed by atoms with E-state index < -0.39 is 11.8 Å². The van der Waals surface area contributed by atoms with Gasteiger partial charge in [0.2, 0.25) is 0 Å². The topological polar surface area (TPSA) is 67.4 Å². The second kappa shape index (κ2) is 6.22. The number of rotatable bonds is 5. The second-order valence-electron chi connectivity index (χ2n) is 4.61. The van der Waals surface area contributed by atoms with Crippen molar-refractivity contribution in [2.24, 2.45) is 0 Å². The zero-order chi connectivity index (χ0) is 13.7. The van der Waals surface area contributed by atoms with Gasteiger partial charge in [-0.15, -0.1) is 0 Å². The standard InChI is InChI=1S/C14H18N2O3/c1-19-12-4-2-3-10(9-12)7-8-15-13(17)14(18)16-11-5-6-11/h2-4,9,11H,5-8H2,1H3,(H,15,17)(H,16,18). The molecule has 1 aromatic rings. The number of carbonyl (C=O) groups excluding carboxylic acids is 2. The van der Waals surface area contributed by atoms with E-state index in [0.717, 1.165) is 24.2 Å². The zero-order valence-electron chi connectivity index (χ0n) is 10.9. The van der Waals surface area contributed by atoms with Gasteiger partial charge >= 0.3 is 11.8 Å². The molecule has 0 unspecified atom stereocenters. The molecule has 1 aromatic carbocycles. The summed E-state index contributed by atoms with van der Waals surface area (Å²) in [4.78, 5) is 22.9. The van der Waals surface area contributed by atoms with E-state index in [0.29, 0.717) is 13.0 Å². The number of benzene rings is 1. The fraction of sp³-hybridized carbons (Fsp3) is 0.429. The summed E-state index contributed by atoms with van der Waals surface area (Å²) in [6.45, 7) is 0.435. The quantitative estimate of drug-likeness (QED) is 0.765. The van der Waals surface area contributed by atoms with Gasteiger partial charge in [-0.05, 0) is 37.0 Å². The maximum Gasteiger partial charge on any atom is 0.309 e. The first kappa shape index (κ1) is 13.4. The van der Waals surface area contributed by atoms with Gasteiger partial charge in [-0.2, -0.15) is 0 Å². The van der Waals surface area contributed by atoms with E-state index >= 15 is 0 Å².